The van der Waals surface area contributed by atoms with Gasteiger partial charge in [0.25, 0.3) is 0 Å². The predicted octanol–water partition coefficient (Wildman–Crippen LogP) is 2.46. The molecule has 0 saturated carbocycles. The Kier molecular flexibility index (Phi) is 5.35. The van der Waals surface area contributed by atoms with Gasteiger partial charge < -0.3 is 10.1 Å². The van der Waals surface area contributed by atoms with Crippen LogP contribution in [0.3, 0.4) is 0 Å². The summed E-state index contributed by atoms with van der Waals surface area (Å²) >= 11 is 1.09. The van der Waals surface area contributed by atoms with Crippen LogP contribution in [-0.2, 0) is 23.9 Å². The molecule has 0 radical (unpaired) electrons. The highest BCUT2D eigenvalue weighted by atomic mass is 32.1. The van der Waals surface area contributed by atoms with E-state index in [1.807, 2.05) is 6.92 Å². The van der Waals surface area contributed by atoms with E-state index in [1.165, 1.54) is 0 Å². The molecule has 0 spiro atoms. The normalized spacial score (nSPS) is 12.1. The van der Waals surface area contributed by atoms with Gasteiger partial charge in [0.1, 0.15) is 0 Å². The van der Waals surface area contributed by atoms with E-state index in [-0.39, 0.29) is 11.4 Å². The molecule has 1 rings (SSSR count). The molecule has 17 heavy (non-hydrogen) atoms. The molecule has 0 bridgehead atoms. The van der Waals surface area contributed by atoms with Gasteiger partial charge in [0.2, 0.25) is 0 Å². The Morgan fingerprint density at radius 2 is 2.12 bits per heavy atom. The van der Waals surface area contributed by atoms with E-state index in [0.717, 1.165) is 11.3 Å². The second-order valence-electron chi connectivity index (χ2n) is 3.35. The average molecular weight is 268 g/mol. The Morgan fingerprint density at radius 1 is 1.41 bits per heavy atom. The number of thiazole rings is 1. The van der Waals surface area contributed by atoms with Crippen LogP contribution in [0.2, 0.25) is 0 Å². The van der Waals surface area contributed by atoms with Gasteiger partial charge in [0.15, 0.2) is 5.69 Å². The minimum Gasteiger partial charge on any atom is -0.381 e. The van der Waals surface area contributed by atoms with Crippen LogP contribution in [0.1, 0.15) is 22.5 Å². The first kappa shape index (κ1) is 14.4. The maximum Gasteiger partial charge on any atom is 0.434 e. The quantitative estimate of drug-likeness (QED) is 0.805. The minimum atomic E-state index is -4.38. The fraction of sp³-hybridized carbons (Fsp3) is 0.700. The van der Waals surface area contributed by atoms with Gasteiger partial charge >= 0.3 is 6.18 Å². The third-order valence-electron chi connectivity index (χ3n) is 2.01. The van der Waals surface area contributed by atoms with Crippen molar-refractivity contribution in [3.8, 4) is 0 Å². The number of halogens is 3. The SMILES string of the molecule is CCOCCc1nc(C(F)(F)F)c(CNC)s1. The predicted molar refractivity (Wildman–Crippen MR) is 60.1 cm³/mol. The van der Waals surface area contributed by atoms with E-state index in [2.05, 4.69) is 10.3 Å². The standard InChI is InChI=1S/C10H15F3N2OS/c1-3-16-5-4-8-15-9(10(11,12)13)7(17-8)6-14-2/h14H,3-6H2,1-2H3. The highest BCUT2D eigenvalue weighted by Gasteiger charge is 2.37. The highest BCUT2D eigenvalue weighted by Crippen LogP contribution is 2.34. The largest absolute Gasteiger partial charge is 0.434 e. The summed E-state index contributed by atoms with van der Waals surface area (Å²) in [4.78, 5) is 3.87. The van der Waals surface area contributed by atoms with Crippen molar-refractivity contribution in [3.05, 3.63) is 15.6 Å². The van der Waals surface area contributed by atoms with E-state index < -0.39 is 11.9 Å². The van der Waals surface area contributed by atoms with Gasteiger partial charge in [0.05, 0.1) is 16.5 Å². The van der Waals surface area contributed by atoms with Crippen LogP contribution in [0, 0.1) is 0 Å². The summed E-state index contributed by atoms with van der Waals surface area (Å²) in [6, 6.07) is 0. The van der Waals surface area contributed by atoms with Crippen LogP contribution in [0.25, 0.3) is 0 Å². The molecule has 98 valence electrons. The van der Waals surface area contributed by atoms with Crippen molar-refractivity contribution < 1.29 is 17.9 Å². The van der Waals surface area contributed by atoms with Gasteiger partial charge in [-0.15, -0.1) is 11.3 Å². The fourth-order valence-electron chi connectivity index (χ4n) is 1.31. The van der Waals surface area contributed by atoms with Gasteiger partial charge in [-0.3, -0.25) is 0 Å². The van der Waals surface area contributed by atoms with Crippen LogP contribution in [0.15, 0.2) is 0 Å². The molecule has 0 amide bonds. The van der Waals surface area contributed by atoms with E-state index in [4.69, 9.17) is 4.74 Å². The van der Waals surface area contributed by atoms with Crippen molar-refractivity contribution in [1.29, 1.82) is 0 Å². The highest BCUT2D eigenvalue weighted by molar-refractivity contribution is 7.11. The first-order valence-electron chi connectivity index (χ1n) is 5.27. The molecule has 1 N–H and O–H groups in total. The number of hydrogen-bond donors (Lipinski definition) is 1. The first-order chi connectivity index (χ1) is 7.99. The fourth-order valence-corrected chi connectivity index (χ4v) is 2.39. The summed E-state index contributed by atoms with van der Waals surface area (Å²) in [6.45, 7) is 2.98. The molecule has 0 saturated heterocycles. The Hall–Kier alpha value is -0.660. The Balaban J connectivity index is 2.80. The Bertz CT molecular complexity index is 352. The molecule has 1 aromatic heterocycles. The molecule has 0 aliphatic rings. The summed E-state index contributed by atoms with van der Waals surface area (Å²) in [5.41, 5.74) is -0.775. The number of rotatable bonds is 6. The monoisotopic (exact) mass is 268 g/mol. The molecule has 0 fully saturated rings. The van der Waals surface area contributed by atoms with Crippen molar-refractivity contribution >= 4 is 11.3 Å². The van der Waals surface area contributed by atoms with Crippen LogP contribution in [-0.4, -0.2) is 25.2 Å². The van der Waals surface area contributed by atoms with Crippen molar-refractivity contribution in [2.45, 2.75) is 26.1 Å². The van der Waals surface area contributed by atoms with Gasteiger partial charge in [-0.2, -0.15) is 13.2 Å². The third-order valence-corrected chi connectivity index (χ3v) is 3.13. The summed E-state index contributed by atoms with van der Waals surface area (Å²) in [5.74, 6) is 0. The van der Waals surface area contributed by atoms with Crippen molar-refractivity contribution in [2.75, 3.05) is 20.3 Å². The van der Waals surface area contributed by atoms with Gasteiger partial charge in [-0.05, 0) is 14.0 Å². The molecule has 0 aliphatic carbocycles. The number of hydrogen-bond acceptors (Lipinski definition) is 4. The van der Waals surface area contributed by atoms with Gasteiger partial charge in [-0.1, -0.05) is 0 Å². The minimum absolute atomic E-state index is 0.182. The average Bonchev–Trinajstić information content (AvgIpc) is 2.62. The lowest BCUT2D eigenvalue weighted by atomic mass is 10.3. The lowest BCUT2D eigenvalue weighted by Crippen LogP contribution is -2.13. The van der Waals surface area contributed by atoms with Gasteiger partial charge in [0, 0.05) is 19.6 Å². The molecular weight excluding hydrogens is 253 g/mol. The van der Waals surface area contributed by atoms with Crippen LogP contribution in [0.5, 0.6) is 0 Å². The maximum atomic E-state index is 12.7. The lowest BCUT2D eigenvalue weighted by Gasteiger charge is -2.04. The molecule has 7 heteroatoms. The summed E-state index contributed by atoms with van der Waals surface area (Å²) < 4.78 is 43.1. The molecule has 0 atom stereocenters. The van der Waals surface area contributed by atoms with Crippen molar-refractivity contribution in [1.82, 2.24) is 10.3 Å². The molecule has 0 unspecified atom stereocenters. The second kappa shape index (κ2) is 6.32. The Labute approximate surface area is 102 Å². The smallest absolute Gasteiger partial charge is 0.381 e. The Morgan fingerprint density at radius 3 is 2.65 bits per heavy atom. The van der Waals surface area contributed by atoms with Crippen LogP contribution < -0.4 is 5.32 Å². The second-order valence-corrected chi connectivity index (χ2v) is 4.52. The molecule has 0 aliphatic heterocycles. The third kappa shape index (κ3) is 4.25. The van der Waals surface area contributed by atoms with Crippen molar-refractivity contribution in [3.63, 3.8) is 0 Å². The van der Waals surface area contributed by atoms with Crippen LogP contribution >= 0.6 is 11.3 Å². The first-order valence-corrected chi connectivity index (χ1v) is 6.08. The molecule has 0 aromatic carbocycles. The molecule has 1 aromatic rings. The van der Waals surface area contributed by atoms with Crippen LogP contribution in [0.4, 0.5) is 13.2 Å². The van der Waals surface area contributed by atoms with Gasteiger partial charge in [-0.25, -0.2) is 4.98 Å². The molecular formula is C10H15F3N2OS. The zero-order valence-electron chi connectivity index (χ0n) is 9.73. The van der Waals surface area contributed by atoms with Crippen molar-refractivity contribution in [2.24, 2.45) is 0 Å². The summed E-state index contributed by atoms with van der Waals surface area (Å²) in [6.07, 6.45) is -3.96. The van der Waals surface area contributed by atoms with E-state index in [9.17, 15) is 13.2 Å². The summed E-state index contributed by atoms with van der Waals surface area (Å²) in [5, 5.41) is 3.18. The number of nitrogens with zero attached hydrogens (tertiary/aromatic N) is 1. The number of alkyl halides is 3. The molecule has 3 nitrogen and oxygen atoms in total. The zero-order chi connectivity index (χ0) is 12.9. The zero-order valence-corrected chi connectivity index (χ0v) is 10.5. The number of aromatic nitrogens is 1. The maximum absolute atomic E-state index is 12.7. The van der Waals surface area contributed by atoms with E-state index in [0.29, 0.717) is 24.6 Å². The van der Waals surface area contributed by atoms with E-state index >= 15 is 0 Å². The number of ether oxygens (including phenoxy) is 1. The summed E-state index contributed by atoms with van der Waals surface area (Å²) in [7, 11) is 1.61. The molecule has 1 heterocycles. The topological polar surface area (TPSA) is 34.1 Å². The van der Waals surface area contributed by atoms with E-state index in [1.54, 1.807) is 7.05 Å². The lowest BCUT2D eigenvalue weighted by molar-refractivity contribution is -0.141. The number of nitrogens with one attached hydrogen (secondary N) is 1.